The Morgan fingerprint density at radius 2 is 2.05 bits per heavy atom. The van der Waals surface area contributed by atoms with E-state index in [1.165, 1.54) is 11.8 Å². The molecule has 1 aromatic heterocycles. The number of fused-ring (bicyclic) bond motifs is 1. The second-order valence-corrected chi connectivity index (χ2v) is 6.60. The zero-order valence-corrected chi connectivity index (χ0v) is 13.3. The number of amides is 1. The number of hydrogen-bond acceptors (Lipinski definition) is 4. The van der Waals surface area contributed by atoms with Crippen molar-refractivity contribution in [3.63, 3.8) is 0 Å². The van der Waals surface area contributed by atoms with Crippen molar-refractivity contribution < 1.29 is 9.90 Å². The maximum Gasteiger partial charge on any atom is 0.232 e. The summed E-state index contributed by atoms with van der Waals surface area (Å²) in [7, 11) is 0. The van der Waals surface area contributed by atoms with Crippen molar-refractivity contribution in [1.29, 1.82) is 0 Å². The number of carbonyl (C=O) groups is 1. The molecule has 22 heavy (non-hydrogen) atoms. The van der Waals surface area contributed by atoms with Gasteiger partial charge in [0.1, 0.15) is 5.03 Å². The minimum atomic E-state index is 0.163. The Morgan fingerprint density at radius 3 is 2.82 bits per heavy atom. The average molecular weight is 316 g/mol. The molecule has 0 saturated carbocycles. The third kappa shape index (κ3) is 3.42. The minimum Gasteiger partial charge on any atom is -0.396 e. The van der Waals surface area contributed by atoms with Crippen molar-refractivity contribution in [2.45, 2.75) is 17.9 Å². The van der Waals surface area contributed by atoms with Gasteiger partial charge in [0.15, 0.2) is 0 Å². The van der Waals surface area contributed by atoms with Gasteiger partial charge in [-0.15, -0.1) is 0 Å². The van der Waals surface area contributed by atoms with E-state index >= 15 is 0 Å². The van der Waals surface area contributed by atoms with Crippen LogP contribution in [0.25, 0.3) is 10.8 Å². The number of piperidine rings is 1. The van der Waals surface area contributed by atoms with Crippen molar-refractivity contribution in [3.05, 3.63) is 36.5 Å². The highest BCUT2D eigenvalue weighted by atomic mass is 32.2. The summed E-state index contributed by atoms with van der Waals surface area (Å²) in [5, 5.41) is 12.3. The molecule has 0 spiro atoms. The Labute approximate surface area is 134 Å². The first-order valence-corrected chi connectivity index (χ1v) is 8.61. The molecule has 1 aromatic carbocycles. The lowest BCUT2D eigenvalue weighted by molar-refractivity contribution is -0.129. The number of aliphatic hydroxyl groups excluding tert-OH is 1. The van der Waals surface area contributed by atoms with Crippen LogP contribution in [-0.4, -0.2) is 46.3 Å². The van der Waals surface area contributed by atoms with Gasteiger partial charge in [0.25, 0.3) is 0 Å². The van der Waals surface area contributed by atoms with E-state index in [1.807, 2.05) is 29.2 Å². The number of aromatic nitrogens is 1. The van der Waals surface area contributed by atoms with E-state index in [0.717, 1.165) is 41.7 Å². The number of thioether (sulfide) groups is 1. The van der Waals surface area contributed by atoms with Crippen LogP contribution >= 0.6 is 11.8 Å². The molecule has 1 amide bonds. The van der Waals surface area contributed by atoms with Crippen LogP contribution in [0.4, 0.5) is 0 Å². The van der Waals surface area contributed by atoms with E-state index in [2.05, 4.69) is 11.1 Å². The molecule has 1 fully saturated rings. The number of pyridine rings is 1. The number of hydrogen-bond donors (Lipinski definition) is 1. The van der Waals surface area contributed by atoms with Gasteiger partial charge < -0.3 is 10.0 Å². The number of nitrogens with zero attached hydrogens (tertiary/aromatic N) is 2. The first kappa shape index (κ1) is 15.3. The number of benzene rings is 1. The van der Waals surface area contributed by atoms with Gasteiger partial charge in [-0.1, -0.05) is 36.0 Å². The molecular formula is C17H20N2O2S. The largest absolute Gasteiger partial charge is 0.396 e. The molecule has 4 nitrogen and oxygen atoms in total. The Hall–Kier alpha value is -1.59. The molecule has 1 saturated heterocycles. The van der Waals surface area contributed by atoms with Gasteiger partial charge in [-0.2, -0.15) is 0 Å². The van der Waals surface area contributed by atoms with Crippen LogP contribution in [0, 0.1) is 5.92 Å². The maximum absolute atomic E-state index is 12.3. The molecule has 0 unspecified atom stereocenters. The first-order chi connectivity index (χ1) is 10.8. The molecule has 0 bridgehead atoms. The van der Waals surface area contributed by atoms with Crippen LogP contribution < -0.4 is 0 Å². The Bertz CT molecular complexity index is 649. The normalized spacial score (nSPS) is 16.1. The van der Waals surface area contributed by atoms with Gasteiger partial charge in [-0.3, -0.25) is 4.79 Å². The van der Waals surface area contributed by atoms with Crippen LogP contribution in [0.3, 0.4) is 0 Å². The van der Waals surface area contributed by atoms with Crippen molar-refractivity contribution in [2.75, 3.05) is 25.4 Å². The van der Waals surface area contributed by atoms with Gasteiger partial charge in [-0.25, -0.2) is 4.98 Å². The smallest absolute Gasteiger partial charge is 0.232 e. The lowest BCUT2D eigenvalue weighted by Crippen LogP contribution is -2.40. The first-order valence-electron chi connectivity index (χ1n) is 7.63. The van der Waals surface area contributed by atoms with Crippen LogP contribution in [0.1, 0.15) is 12.8 Å². The summed E-state index contributed by atoms with van der Waals surface area (Å²) in [6.45, 7) is 1.75. The number of aliphatic hydroxyl groups is 1. The fraction of sp³-hybridized carbons (Fsp3) is 0.412. The van der Waals surface area contributed by atoms with Crippen LogP contribution in [0.2, 0.25) is 0 Å². The molecule has 3 rings (SSSR count). The molecule has 0 atom stereocenters. The zero-order chi connectivity index (χ0) is 15.4. The summed E-state index contributed by atoms with van der Waals surface area (Å²) >= 11 is 1.51. The predicted molar refractivity (Wildman–Crippen MR) is 88.9 cm³/mol. The summed E-state index contributed by atoms with van der Waals surface area (Å²) in [4.78, 5) is 18.6. The highest BCUT2D eigenvalue weighted by molar-refractivity contribution is 8.00. The zero-order valence-electron chi connectivity index (χ0n) is 12.4. The van der Waals surface area contributed by atoms with Crippen molar-refractivity contribution in [2.24, 2.45) is 5.92 Å². The standard InChI is InChI=1S/C17H20N2O2S/c20-11-13-6-9-19(10-7-13)16(21)12-22-17-15-4-2-1-3-14(15)5-8-18-17/h1-5,8,13,20H,6-7,9-12H2. The fourth-order valence-electron chi connectivity index (χ4n) is 2.79. The second-order valence-electron chi connectivity index (χ2n) is 5.63. The van der Waals surface area contributed by atoms with Gasteiger partial charge in [-0.05, 0) is 30.2 Å². The van der Waals surface area contributed by atoms with Gasteiger partial charge in [0, 0.05) is 31.3 Å². The van der Waals surface area contributed by atoms with Gasteiger partial charge in [0.2, 0.25) is 5.91 Å². The number of carbonyl (C=O) groups excluding carboxylic acids is 1. The highest BCUT2D eigenvalue weighted by Crippen LogP contribution is 2.26. The molecule has 2 aromatic rings. The summed E-state index contributed by atoms with van der Waals surface area (Å²) in [6.07, 6.45) is 3.60. The molecule has 1 N–H and O–H groups in total. The van der Waals surface area contributed by atoms with Crippen molar-refractivity contribution in [1.82, 2.24) is 9.88 Å². The number of likely N-dealkylation sites (tertiary alicyclic amines) is 1. The minimum absolute atomic E-state index is 0.163. The van der Waals surface area contributed by atoms with E-state index < -0.39 is 0 Å². The predicted octanol–water partition coefficient (Wildman–Crippen LogP) is 2.56. The van der Waals surface area contributed by atoms with Crippen LogP contribution in [-0.2, 0) is 4.79 Å². The molecular weight excluding hydrogens is 296 g/mol. The number of rotatable bonds is 4. The molecule has 0 aliphatic carbocycles. The Kier molecular flexibility index (Phi) is 4.95. The molecule has 1 aliphatic heterocycles. The summed E-state index contributed by atoms with van der Waals surface area (Å²) < 4.78 is 0. The Balaban J connectivity index is 1.61. The van der Waals surface area contributed by atoms with Crippen LogP contribution in [0.15, 0.2) is 41.6 Å². The quantitative estimate of drug-likeness (QED) is 0.881. The third-order valence-corrected chi connectivity index (χ3v) is 5.18. The maximum atomic E-state index is 12.3. The molecule has 1 aliphatic rings. The van der Waals surface area contributed by atoms with Crippen molar-refractivity contribution >= 4 is 28.4 Å². The van der Waals surface area contributed by atoms with Crippen molar-refractivity contribution in [3.8, 4) is 0 Å². The average Bonchev–Trinajstić information content (AvgIpc) is 2.59. The summed E-state index contributed by atoms with van der Waals surface area (Å²) in [6, 6.07) is 10.1. The van der Waals surface area contributed by atoms with Gasteiger partial charge in [0.05, 0.1) is 5.75 Å². The monoisotopic (exact) mass is 316 g/mol. The second kappa shape index (κ2) is 7.11. The third-order valence-electron chi connectivity index (χ3n) is 4.19. The van der Waals surface area contributed by atoms with Crippen LogP contribution in [0.5, 0.6) is 0 Å². The summed E-state index contributed by atoms with van der Waals surface area (Å²) in [5.41, 5.74) is 0. The lowest BCUT2D eigenvalue weighted by atomic mass is 9.98. The van der Waals surface area contributed by atoms with E-state index in [9.17, 15) is 4.79 Å². The Morgan fingerprint density at radius 1 is 1.27 bits per heavy atom. The topological polar surface area (TPSA) is 53.4 Å². The molecule has 5 heteroatoms. The highest BCUT2D eigenvalue weighted by Gasteiger charge is 2.22. The van der Waals surface area contributed by atoms with Gasteiger partial charge >= 0.3 is 0 Å². The van der Waals surface area contributed by atoms with E-state index in [-0.39, 0.29) is 12.5 Å². The molecule has 0 radical (unpaired) electrons. The molecule has 2 heterocycles. The van der Waals surface area contributed by atoms with E-state index in [1.54, 1.807) is 6.20 Å². The summed E-state index contributed by atoms with van der Waals surface area (Å²) in [5.74, 6) is 0.942. The molecule has 116 valence electrons. The fourth-order valence-corrected chi connectivity index (χ4v) is 3.71. The lowest BCUT2D eigenvalue weighted by Gasteiger charge is -2.31. The van der Waals surface area contributed by atoms with E-state index in [0.29, 0.717) is 11.7 Å². The SMILES string of the molecule is O=C(CSc1nccc2ccccc12)N1CCC(CO)CC1. The van der Waals surface area contributed by atoms with E-state index in [4.69, 9.17) is 5.11 Å².